The lowest BCUT2D eigenvalue weighted by molar-refractivity contribution is 0.576. The van der Waals surface area contributed by atoms with Crippen LogP contribution >= 0.6 is 0 Å². The third kappa shape index (κ3) is 1.29. The molecule has 3 nitrogen and oxygen atoms in total. The van der Waals surface area contributed by atoms with Gasteiger partial charge in [-0.2, -0.15) is 0 Å². The average molecular weight is 199 g/mol. The minimum absolute atomic E-state index is 0.836. The lowest BCUT2D eigenvalue weighted by atomic mass is 10.1. The highest BCUT2D eigenvalue weighted by atomic mass is 16.3. The van der Waals surface area contributed by atoms with E-state index in [0.29, 0.717) is 0 Å². The molecule has 0 aliphatic carbocycles. The molecular weight excluding hydrogens is 190 g/mol. The Morgan fingerprint density at radius 3 is 1.73 bits per heavy atom. The van der Waals surface area contributed by atoms with Gasteiger partial charge < -0.3 is 13.8 Å². The summed E-state index contributed by atoms with van der Waals surface area (Å²) in [5, 5.41) is 0. The fourth-order valence-electron chi connectivity index (χ4n) is 1.64. The van der Waals surface area contributed by atoms with Gasteiger partial charge in [-0.15, -0.1) is 0 Å². The largest absolute Gasteiger partial charge is 0.464 e. The number of hydrogen-bond acceptors (Lipinski definition) is 2. The van der Waals surface area contributed by atoms with Gasteiger partial charge in [-0.05, 0) is 24.3 Å². The Kier molecular flexibility index (Phi) is 1.75. The number of furan rings is 2. The van der Waals surface area contributed by atoms with E-state index in [1.54, 1.807) is 12.5 Å². The number of rotatable bonds is 2. The molecule has 0 atom stereocenters. The zero-order valence-electron chi connectivity index (χ0n) is 7.94. The van der Waals surface area contributed by atoms with Crippen LogP contribution in [0.25, 0.3) is 22.6 Å². The molecule has 0 saturated heterocycles. The van der Waals surface area contributed by atoms with Crippen LogP contribution in [0.1, 0.15) is 0 Å². The van der Waals surface area contributed by atoms with E-state index < -0.39 is 0 Å². The molecule has 3 rings (SSSR count). The zero-order valence-corrected chi connectivity index (χ0v) is 7.94. The molecule has 3 aromatic heterocycles. The molecule has 0 fully saturated rings. The highest BCUT2D eigenvalue weighted by Crippen LogP contribution is 2.32. The van der Waals surface area contributed by atoms with Crippen molar-refractivity contribution in [1.82, 2.24) is 4.98 Å². The minimum atomic E-state index is 0.836. The maximum atomic E-state index is 5.35. The maximum absolute atomic E-state index is 5.35. The number of nitrogens with one attached hydrogen (secondary N) is 1. The lowest BCUT2D eigenvalue weighted by Crippen LogP contribution is -1.73. The predicted octanol–water partition coefficient (Wildman–Crippen LogP) is 3.53. The Labute approximate surface area is 86.3 Å². The fraction of sp³-hybridized carbons (Fsp3) is 0. The minimum Gasteiger partial charge on any atom is -0.464 e. The molecule has 15 heavy (non-hydrogen) atoms. The summed E-state index contributed by atoms with van der Waals surface area (Å²) in [4.78, 5) is 3.05. The molecule has 1 N–H and O–H groups in total. The number of aromatic amines is 1. The van der Waals surface area contributed by atoms with Crippen molar-refractivity contribution in [1.29, 1.82) is 0 Å². The first kappa shape index (κ1) is 8.17. The van der Waals surface area contributed by atoms with Gasteiger partial charge in [0.1, 0.15) is 11.5 Å². The van der Waals surface area contributed by atoms with Crippen molar-refractivity contribution in [2.75, 3.05) is 0 Å². The second-order valence-electron chi connectivity index (χ2n) is 3.24. The van der Waals surface area contributed by atoms with Crippen molar-refractivity contribution < 1.29 is 8.83 Å². The summed E-state index contributed by atoms with van der Waals surface area (Å²) < 4.78 is 10.7. The van der Waals surface area contributed by atoms with E-state index in [2.05, 4.69) is 4.98 Å². The lowest BCUT2D eigenvalue weighted by Gasteiger charge is -1.96. The van der Waals surface area contributed by atoms with Crippen LogP contribution in [0, 0.1) is 0 Å². The molecule has 0 bridgehead atoms. The van der Waals surface area contributed by atoms with E-state index in [1.165, 1.54) is 0 Å². The van der Waals surface area contributed by atoms with E-state index in [-0.39, 0.29) is 0 Å². The van der Waals surface area contributed by atoms with Crippen molar-refractivity contribution in [2.24, 2.45) is 0 Å². The standard InChI is InChI=1S/C12H9NO2/c1-3-11(14-5-1)9-7-13-8-10(9)12-4-2-6-15-12/h1-8,13H. The first-order valence-electron chi connectivity index (χ1n) is 4.70. The van der Waals surface area contributed by atoms with Crippen molar-refractivity contribution in [3.8, 4) is 22.6 Å². The van der Waals surface area contributed by atoms with Crippen LogP contribution in [-0.2, 0) is 0 Å². The van der Waals surface area contributed by atoms with Gasteiger partial charge in [-0.25, -0.2) is 0 Å². The molecule has 0 aliphatic heterocycles. The first-order valence-corrected chi connectivity index (χ1v) is 4.70. The molecular formula is C12H9NO2. The van der Waals surface area contributed by atoms with E-state index >= 15 is 0 Å². The molecule has 0 spiro atoms. The Bertz CT molecular complexity index is 483. The SMILES string of the molecule is c1coc(-c2c[nH]cc2-c2ccco2)c1. The van der Waals surface area contributed by atoms with E-state index in [9.17, 15) is 0 Å². The number of hydrogen-bond donors (Lipinski definition) is 1. The second kappa shape index (κ2) is 3.20. The van der Waals surface area contributed by atoms with Crippen LogP contribution in [0.4, 0.5) is 0 Å². The summed E-state index contributed by atoms with van der Waals surface area (Å²) in [5.41, 5.74) is 2.02. The smallest absolute Gasteiger partial charge is 0.136 e. The van der Waals surface area contributed by atoms with E-state index in [4.69, 9.17) is 8.83 Å². The molecule has 3 aromatic rings. The average Bonchev–Trinajstić information content (AvgIpc) is 3.01. The van der Waals surface area contributed by atoms with Gasteiger partial charge in [0, 0.05) is 23.5 Å². The van der Waals surface area contributed by atoms with Gasteiger partial charge >= 0.3 is 0 Å². The van der Waals surface area contributed by atoms with Crippen LogP contribution in [0.2, 0.25) is 0 Å². The summed E-state index contributed by atoms with van der Waals surface area (Å²) in [7, 11) is 0. The molecule has 3 heteroatoms. The van der Waals surface area contributed by atoms with Gasteiger partial charge in [-0.1, -0.05) is 0 Å². The highest BCUT2D eigenvalue weighted by molar-refractivity contribution is 5.78. The fourth-order valence-corrected chi connectivity index (χ4v) is 1.64. The van der Waals surface area contributed by atoms with Crippen LogP contribution in [0.5, 0.6) is 0 Å². The van der Waals surface area contributed by atoms with Gasteiger partial charge in [0.25, 0.3) is 0 Å². The third-order valence-corrected chi connectivity index (χ3v) is 2.32. The topological polar surface area (TPSA) is 42.1 Å². The maximum Gasteiger partial charge on any atom is 0.136 e. The van der Waals surface area contributed by atoms with Crippen molar-refractivity contribution in [3.63, 3.8) is 0 Å². The molecule has 74 valence electrons. The predicted molar refractivity (Wildman–Crippen MR) is 56.2 cm³/mol. The van der Waals surface area contributed by atoms with Crippen LogP contribution < -0.4 is 0 Å². The summed E-state index contributed by atoms with van der Waals surface area (Å²) >= 11 is 0. The number of H-pyrrole nitrogens is 1. The van der Waals surface area contributed by atoms with Gasteiger partial charge in [0.2, 0.25) is 0 Å². The normalized spacial score (nSPS) is 10.7. The van der Waals surface area contributed by atoms with E-state index in [0.717, 1.165) is 22.6 Å². The molecule has 0 aliphatic rings. The monoisotopic (exact) mass is 199 g/mol. The Morgan fingerprint density at radius 1 is 0.800 bits per heavy atom. The van der Waals surface area contributed by atoms with Crippen molar-refractivity contribution in [2.45, 2.75) is 0 Å². The Hall–Kier alpha value is -2.16. The second-order valence-corrected chi connectivity index (χ2v) is 3.24. The molecule has 3 heterocycles. The summed E-state index contributed by atoms with van der Waals surface area (Å²) in [6, 6.07) is 7.59. The molecule has 0 aromatic carbocycles. The van der Waals surface area contributed by atoms with Crippen LogP contribution in [0.15, 0.2) is 58.0 Å². The zero-order chi connectivity index (χ0) is 10.1. The van der Waals surface area contributed by atoms with Gasteiger partial charge in [0.05, 0.1) is 12.5 Å². The van der Waals surface area contributed by atoms with Crippen LogP contribution in [-0.4, -0.2) is 4.98 Å². The summed E-state index contributed by atoms with van der Waals surface area (Å²) in [6.45, 7) is 0. The summed E-state index contributed by atoms with van der Waals surface area (Å²) in [5.74, 6) is 1.67. The van der Waals surface area contributed by atoms with Crippen LogP contribution in [0.3, 0.4) is 0 Å². The van der Waals surface area contributed by atoms with Crippen molar-refractivity contribution in [3.05, 3.63) is 49.2 Å². The molecule has 0 unspecified atom stereocenters. The highest BCUT2D eigenvalue weighted by Gasteiger charge is 2.11. The molecule has 0 saturated carbocycles. The van der Waals surface area contributed by atoms with Gasteiger partial charge in [-0.3, -0.25) is 0 Å². The number of aromatic nitrogens is 1. The summed E-state index contributed by atoms with van der Waals surface area (Å²) in [6.07, 6.45) is 7.12. The van der Waals surface area contributed by atoms with Crippen molar-refractivity contribution >= 4 is 0 Å². The molecule has 0 radical (unpaired) electrons. The first-order chi connectivity index (χ1) is 7.45. The van der Waals surface area contributed by atoms with Gasteiger partial charge in [0.15, 0.2) is 0 Å². The molecule has 0 amide bonds. The Balaban J connectivity index is 2.15. The van der Waals surface area contributed by atoms with E-state index in [1.807, 2.05) is 36.7 Å². The quantitative estimate of drug-likeness (QED) is 0.685. The Morgan fingerprint density at radius 2 is 1.33 bits per heavy atom. The third-order valence-electron chi connectivity index (χ3n) is 2.32.